The Kier molecular flexibility index (Phi) is 3.43. The summed E-state index contributed by atoms with van der Waals surface area (Å²) in [6.45, 7) is 3.98. The maximum Gasteiger partial charge on any atom is 0.149 e. The molecule has 1 heterocycles. The van der Waals surface area contributed by atoms with Crippen molar-refractivity contribution >= 4 is 17.0 Å². The molecule has 1 atom stereocenters. The van der Waals surface area contributed by atoms with E-state index in [1.54, 1.807) is 11.3 Å². The second-order valence-corrected chi connectivity index (χ2v) is 5.26. The van der Waals surface area contributed by atoms with Gasteiger partial charge >= 0.3 is 0 Å². The van der Waals surface area contributed by atoms with E-state index in [-0.39, 0.29) is 6.04 Å². The zero-order valence-corrected chi connectivity index (χ0v) is 10.4. The zero-order valence-electron chi connectivity index (χ0n) is 9.63. The van der Waals surface area contributed by atoms with Gasteiger partial charge in [0.2, 0.25) is 0 Å². The van der Waals surface area contributed by atoms with Crippen molar-refractivity contribution in [3.63, 3.8) is 0 Å². The molecule has 1 aromatic heterocycles. The molecule has 0 aliphatic rings. The van der Waals surface area contributed by atoms with Crippen LogP contribution in [0.5, 0.6) is 0 Å². The minimum atomic E-state index is -0.565. The van der Waals surface area contributed by atoms with Gasteiger partial charge in [-0.2, -0.15) is 0 Å². The van der Waals surface area contributed by atoms with Crippen LogP contribution >= 0.6 is 11.3 Å². The van der Waals surface area contributed by atoms with Gasteiger partial charge in [0, 0.05) is 15.8 Å². The highest BCUT2D eigenvalue weighted by Crippen LogP contribution is 2.26. The molecule has 0 saturated heterocycles. The van der Waals surface area contributed by atoms with Crippen LogP contribution in [0.15, 0.2) is 30.3 Å². The zero-order chi connectivity index (χ0) is 12.4. The van der Waals surface area contributed by atoms with Crippen LogP contribution in [0, 0.1) is 18.6 Å². The SMILES string of the molecule is Cc1ccc(C(C)Nc2ccc(F)cc2F)s1. The Labute approximate surface area is 103 Å². The van der Waals surface area contributed by atoms with E-state index < -0.39 is 11.6 Å². The van der Waals surface area contributed by atoms with Crippen molar-refractivity contribution in [3.05, 3.63) is 51.7 Å². The van der Waals surface area contributed by atoms with Gasteiger partial charge in [-0.05, 0) is 38.1 Å². The molecule has 0 bridgehead atoms. The number of hydrogen-bond acceptors (Lipinski definition) is 2. The minimum Gasteiger partial charge on any atom is -0.375 e. The number of nitrogens with one attached hydrogen (secondary N) is 1. The third-order valence-corrected chi connectivity index (χ3v) is 3.67. The van der Waals surface area contributed by atoms with Crippen LogP contribution in [0.25, 0.3) is 0 Å². The Hall–Kier alpha value is -1.42. The van der Waals surface area contributed by atoms with Crippen molar-refractivity contribution in [3.8, 4) is 0 Å². The van der Waals surface area contributed by atoms with Crippen LogP contribution in [0.2, 0.25) is 0 Å². The molecule has 0 spiro atoms. The van der Waals surface area contributed by atoms with Gasteiger partial charge in [0.25, 0.3) is 0 Å². The molecule has 17 heavy (non-hydrogen) atoms. The van der Waals surface area contributed by atoms with Gasteiger partial charge in [-0.3, -0.25) is 0 Å². The van der Waals surface area contributed by atoms with Gasteiger partial charge < -0.3 is 5.32 Å². The summed E-state index contributed by atoms with van der Waals surface area (Å²) in [5.41, 5.74) is 0.324. The summed E-state index contributed by atoms with van der Waals surface area (Å²) >= 11 is 1.67. The van der Waals surface area contributed by atoms with Gasteiger partial charge in [0.15, 0.2) is 0 Å². The van der Waals surface area contributed by atoms with Crippen molar-refractivity contribution in [2.75, 3.05) is 5.32 Å². The first-order chi connectivity index (χ1) is 8.06. The first-order valence-electron chi connectivity index (χ1n) is 5.34. The van der Waals surface area contributed by atoms with Crippen molar-refractivity contribution in [2.45, 2.75) is 19.9 Å². The summed E-state index contributed by atoms with van der Waals surface area (Å²) in [4.78, 5) is 2.35. The maximum absolute atomic E-state index is 13.4. The standard InChI is InChI=1S/C13H13F2NS/c1-8-3-6-13(17-8)9(2)16-12-5-4-10(14)7-11(12)15/h3-7,9,16H,1-2H3. The maximum atomic E-state index is 13.4. The van der Waals surface area contributed by atoms with Crippen LogP contribution in [0.3, 0.4) is 0 Å². The molecule has 0 radical (unpaired) electrons. The Morgan fingerprint density at radius 1 is 1.18 bits per heavy atom. The molecule has 0 aliphatic heterocycles. The molecule has 90 valence electrons. The highest BCUT2D eigenvalue weighted by Gasteiger charge is 2.10. The number of aryl methyl sites for hydroxylation is 1. The van der Waals surface area contributed by atoms with Crippen LogP contribution in [-0.4, -0.2) is 0 Å². The second-order valence-electron chi connectivity index (χ2n) is 3.94. The van der Waals surface area contributed by atoms with E-state index in [0.29, 0.717) is 5.69 Å². The molecule has 0 fully saturated rings. The van der Waals surface area contributed by atoms with Gasteiger partial charge in [0.1, 0.15) is 11.6 Å². The largest absolute Gasteiger partial charge is 0.375 e. The van der Waals surface area contributed by atoms with Gasteiger partial charge in [-0.15, -0.1) is 11.3 Å². The monoisotopic (exact) mass is 253 g/mol. The molecule has 0 saturated carbocycles. The van der Waals surface area contributed by atoms with Gasteiger partial charge in [-0.25, -0.2) is 8.78 Å². The fourth-order valence-corrected chi connectivity index (χ4v) is 2.48. The second kappa shape index (κ2) is 4.84. The highest BCUT2D eigenvalue weighted by molar-refractivity contribution is 7.12. The predicted octanol–water partition coefficient (Wildman–Crippen LogP) is 4.51. The van der Waals surface area contributed by atoms with Crippen molar-refractivity contribution in [1.82, 2.24) is 0 Å². The van der Waals surface area contributed by atoms with E-state index in [2.05, 4.69) is 5.32 Å². The first kappa shape index (κ1) is 12.0. The fraction of sp³-hybridized carbons (Fsp3) is 0.231. The summed E-state index contributed by atoms with van der Waals surface area (Å²) in [5.74, 6) is -1.13. The highest BCUT2D eigenvalue weighted by atomic mass is 32.1. The van der Waals surface area contributed by atoms with E-state index >= 15 is 0 Å². The molecule has 1 N–H and O–H groups in total. The van der Waals surface area contributed by atoms with E-state index in [4.69, 9.17) is 0 Å². The summed E-state index contributed by atoms with van der Waals surface area (Å²) in [6, 6.07) is 7.60. The molecular weight excluding hydrogens is 240 g/mol. The summed E-state index contributed by atoms with van der Waals surface area (Å²) in [5, 5.41) is 3.04. The molecule has 1 aromatic carbocycles. The third kappa shape index (κ3) is 2.82. The summed E-state index contributed by atoms with van der Waals surface area (Å²) in [7, 11) is 0. The number of benzene rings is 1. The van der Waals surface area contributed by atoms with Crippen LogP contribution in [-0.2, 0) is 0 Å². The van der Waals surface area contributed by atoms with E-state index in [1.165, 1.54) is 17.0 Å². The lowest BCUT2D eigenvalue weighted by molar-refractivity contribution is 0.584. The Morgan fingerprint density at radius 3 is 2.53 bits per heavy atom. The van der Waals surface area contributed by atoms with Crippen LogP contribution in [0.4, 0.5) is 14.5 Å². The lowest BCUT2D eigenvalue weighted by Gasteiger charge is -2.14. The van der Waals surface area contributed by atoms with Gasteiger partial charge in [0.05, 0.1) is 11.7 Å². The van der Waals surface area contributed by atoms with Crippen molar-refractivity contribution in [1.29, 1.82) is 0 Å². The molecule has 1 nitrogen and oxygen atoms in total. The smallest absolute Gasteiger partial charge is 0.149 e. The molecule has 2 aromatic rings. The van der Waals surface area contributed by atoms with E-state index in [9.17, 15) is 8.78 Å². The summed E-state index contributed by atoms with van der Waals surface area (Å²) in [6.07, 6.45) is 0. The Balaban J connectivity index is 2.15. The topological polar surface area (TPSA) is 12.0 Å². The van der Waals surface area contributed by atoms with Crippen LogP contribution < -0.4 is 5.32 Å². The quantitative estimate of drug-likeness (QED) is 0.848. The number of hydrogen-bond donors (Lipinski definition) is 1. The fourth-order valence-electron chi connectivity index (χ4n) is 1.60. The lowest BCUT2D eigenvalue weighted by Crippen LogP contribution is -2.06. The minimum absolute atomic E-state index is 0.00802. The molecule has 4 heteroatoms. The Bertz CT molecular complexity index is 522. The first-order valence-corrected chi connectivity index (χ1v) is 6.16. The normalized spacial score (nSPS) is 12.5. The number of anilines is 1. The molecule has 0 aliphatic carbocycles. The van der Waals surface area contributed by atoms with E-state index in [0.717, 1.165) is 10.9 Å². The number of thiophene rings is 1. The molecular formula is C13H13F2NS. The molecule has 0 amide bonds. The number of halogens is 2. The van der Waals surface area contributed by atoms with Crippen molar-refractivity contribution < 1.29 is 8.78 Å². The average molecular weight is 253 g/mol. The molecule has 2 rings (SSSR count). The van der Waals surface area contributed by atoms with Crippen LogP contribution in [0.1, 0.15) is 22.7 Å². The van der Waals surface area contributed by atoms with E-state index in [1.807, 2.05) is 26.0 Å². The van der Waals surface area contributed by atoms with Gasteiger partial charge in [-0.1, -0.05) is 0 Å². The van der Waals surface area contributed by atoms with Crippen molar-refractivity contribution in [2.24, 2.45) is 0 Å². The molecule has 1 unspecified atom stereocenters. The average Bonchev–Trinajstić information content (AvgIpc) is 2.69. The number of rotatable bonds is 3. The Morgan fingerprint density at radius 2 is 1.94 bits per heavy atom. The lowest BCUT2D eigenvalue weighted by atomic mass is 10.2. The predicted molar refractivity (Wildman–Crippen MR) is 67.5 cm³/mol. The third-order valence-electron chi connectivity index (χ3n) is 2.49. The summed E-state index contributed by atoms with van der Waals surface area (Å²) < 4.78 is 26.2.